The SMILES string of the molecule is COCC(=O)C1CCC2C3CC[C@H]4CCCCC4(C)C3CCC12C. The van der Waals surface area contributed by atoms with Gasteiger partial charge in [-0.1, -0.05) is 26.7 Å². The molecule has 0 spiro atoms. The molecular weight excluding hydrogens is 296 g/mol. The van der Waals surface area contributed by atoms with Crippen LogP contribution in [0.4, 0.5) is 0 Å². The standard InChI is InChI=1S/C22H36O2/c1-21-12-5-4-6-15(21)7-8-16-17-9-10-19(20(23)14-24-3)22(17,2)13-11-18(16)21/h15-19H,4-14H2,1-3H3/t15-,16?,17?,18?,19?,21?,22?/m1/s1. The van der Waals surface area contributed by atoms with E-state index in [0.29, 0.717) is 17.8 Å². The summed E-state index contributed by atoms with van der Waals surface area (Å²) < 4.78 is 5.18. The molecule has 4 aliphatic carbocycles. The number of hydrogen-bond donors (Lipinski definition) is 0. The second-order valence-electron chi connectivity index (χ2n) is 9.98. The summed E-state index contributed by atoms with van der Waals surface area (Å²) >= 11 is 0. The molecule has 2 nitrogen and oxygen atoms in total. The van der Waals surface area contributed by atoms with Gasteiger partial charge < -0.3 is 4.74 Å². The van der Waals surface area contributed by atoms with Gasteiger partial charge in [0.05, 0.1) is 0 Å². The summed E-state index contributed by atoms with van der Waals surface area (Å²) in [5.74, 6) is 4.25. The van der Waals surface area contributed by atoms with Crippen LogP contribution in [0.25, 0.3) is 0 Å². The molecule has 0 bridgehead atoms. The van der Waals surface area contributed by atoms with Gasteiger partial charge in [-0.2, -0.15) is 0 Å². The first kappa shape index (κ1) is 17.1. The number of ketones is 1. The van der Waals surface area contributed by atoms with Crippen LogP contribution in [0.5, 0.6) is 0 Å². The van der Waals surface area contributed by atoms with Crippen molar-refractivity contribution < 1.29 is 9.53 Å². The van der Waals surface area contributed by atoms with Gasteiger partial charge in [-0.3, -0.25) is 4.79 Å². The van der Waals surface area contributed by atoms with Crippen LogP contribution < -0.4 is 0 Å². The van der Waals surface area contributed by atoms with Crippen LogP contribution in [-0.4, -0.2) is 19.5 Å². The molecule has 0 aromatic rings. The summed E-state index contributed by atoms with van der Waals surface area (Å²) in [5.41, 5.74) is 0.867. The molecule has 6 unspecified atom stereocenters. The van der Waals surface area contributed by atoms with Gasteiger partial charge in [0.1, 0.15) is 6.61 Å². The van der Waals surface area contributed by atoms with Crippen LogP contribution in [0.2, 0.25) is 0 Å². The van der Waals surface area contributed by atoms with Crippen LogP contribution in [0.3, 0.4) is 0 Å². The maximum atomic E-state index is 12.6. The van der Waals surface area contributed by atoms with E-state index in [1.807, 2.05) is 0 Å². The minimum Gasteiger partial charge on any atom is -0.377 e. The Labute approximate surface area is 148 Å². The summed E-state index contributed by atoms with van der Waals surface area (Å²) in [6.07, 6.45) is 13.8. The number of carbonyl (C=O) groups is 1. The fraction of sp³-hybridized carbons (Fsp3) is 0.955. The molecule has 4 aliphatic rings. The summed E-state index contributed by atoms with van der Waals surface area (Å²) in [7, 11) is 1.66. The third kappa shape index (κ3) is 2.35. The van der Waals surface area contributed by atoms with Gasteiger partial charge in [0.15, 0.2) is 5.78 Å². The Hall–Kier alpha value is -0.370. The monoisotopic (exact) mass is 332 g/mol. The molecule has 136 valence electrons. The second-order valence-corrected chi connectivity index (χ2v) is 9.98. The Balaban J connectivity index is 1.58. The lowest BCUT2D eigenvalue weighted by atomic mass is 9.45. The normalized spacial score (nSPS) is 50.7. The molecule has 0 heterocycles. The number of fused-ring (bicyclic) bond motifs is 5. The van der Waals surface area contributed by atoms with Crippen molar-refractivity contribution in [3.8, 4) is 0 Å². The minimum atomic E-state index is 0.259. The maximum absolute atomic E-state index is 12.6. The van der Waals surface area contributed by atoms with E-state index in [-0.39, 0.29) is 11.3 Å². The van der Waals surface area contributed by atoms with Crippen LogP contribution in [0.1, 0.15) is 78.1 Å². The van der Waals surface area contributed by atoms with E-state index < -0.39 is 0 Å². The molecule has 0 saturated heterocycles. The Bertz CT molecular complexity index is 500. The van der Waals surface area contributed by atoms with Crippen molar-refractivity contribution >= 4 is 5.78 Å². The van der Waals surface area contributed by atoms with Crippen molar-refractivity contribution in [1.82, 2.24) is 0 Å². The van der Waals surface area contributed by atoms with Crippen molar-refractivity contribution in [3.05, 3.63) is 0 Å². The van der Waals surface area contributed by atoms with Crippen molar-refractivity contribution in [2.75, 3.05) is 13.7 Å². The minimum absolute atomic E-state index is 0.259. The molecule has 4 saturated carbocycles. The summed E-state index contributed by atoms with van der Waals surface area (Å²) in [6.45, 7) is 5.41. The molecular formula is C22H36O2. The molecule has 7 atom stereocenters. The Kier molecular flexibility index (Phi) is 4.34. The first-order valence-electron chi connectivity index (χ1n) is 10.5. The molecule has 4 rings (SSSR count). The van der Waals surface area contributed by atoms with Crippen LogP contribution in [-0.2, 0) is 9.53 Å². The Morgan fingerprint density at radius 3 is 2.50 bits per heavy atom. The van der Waals surface area contributed by atoms with E-state index in [1.165, 1.54) is 57.8 Å². The molecule has 0 aromatic carbocycles. The van der Waals surface area contributed by atoms with Crippen LogP contribution in [0, 0.1) is 40.4 Å². The van der Waals surface area contributed by atoms with Crippen molar-refractivity contribution in [2.45, 2.75) is 78.1 Å². The van der Waals surface area contributed by atoms with Crippen molar-refractivity contribution in [3.63, 3.8) is 0 Å². The number of Topliss-reactive ketones (excluding diaryl/α,β-unsaturated/α-hetero) is 1. The molecule has 0 aromatic heterocycles. The number of carbonyl (C=O) groups excluding carboxylic acids is 1. The Morgan fingerprint density at radius 1 is 0.917 bits per heavy atom. The summed E-state index contributed by atoms with van der Waals surface area (Å²) in [5, 5.41) is 0. The van der Waals surface area contributed by atoms with E-state index in [4.69, 9.17) is 4.74 Å². The molecule has 24 heavy (non-hydrogen) atoms. The van der Waals surface area contributed by atoms with Crippen molar-refractivity contribution in [2.24, 2.45) is 40.4 Å². The molecule has 4 fully saturated rings. The Morgan fingerprint density at radius 2 is 1.71 bits per heavy atom. The van der Waals surface area contributed by atoms with Gasteiger partial charge in [-0.25, -0.2) is 0 Å². The highest BCUT2D eigenvalue weighted by Crippen LogP contribution is 2.67. The average molecular weight is 333 g/mol. The first-order valence-corrected chi connectivity index (χ1v) is 10.5. The lowest BCUT2D eigenvalue weighted by Crippen LogP contribution is -2.53. The number of hydrogen-bond acceptors (Lipinski definition) is 2. The van der Waals surface area contributed by atoms with Gasteiger partial charge in [-0.05, 0) is 85.9 Å². The highest BCUT2D eigenvalue weighted by molar-refractivity contribution is 5.83. The zero-order valence-corrected chi connectivity index (χ0v) is 16.0. The highest BCUT2D eigenvalue weighted by Gasteiger charge is 2.60. The fourth-order valence-electron chi connectivity index (χ4n) is 8.07. The van der Waals surface area contributed by atoms with Gasteiger partial charge in [-0.15, -0.1) is 0 Å². The quantitative estimate of drug-likeness (QED) is 0.705. The first-order chi connectivity index (χ1) is 11.5. The van der Waals surface area contributed by atoms with Gasteiger partial charge in [0.2, 0.25) is 0 Å². The lowest BCUT2D eigenvalue weighted by Gasteiger charge is -2.60. The third-order valence-electron chi connectivity index (χ3n) is 9.26. The smallest absolute Gasteiger partial charge is 0.162 e. The molecule has 0 radical (unpaired) electrons. The fourth-order valence-corrected chi connectivity index (χ4v) is 8.07. The highest BCUT2D eigenvalue weighted by atomic mass is 16.5. The van der Waals surface area contributed by atoms with Crippen LogP contribution in [0.15, 0.2) is 0 Å². The number of rotatable bonds is 3. The zero-order valence-electron chi connectivity index (χ0n) is 16.0. The van der Waals surface area contributed by atoms with Gasteiger partial charge in [0.25, 0.3) is 0 Å². The average Bonchev–Trinajstić information content (AvgIpc) is 2.92. The largest absolute Gasteiger partial charge is 0.377 e. The van der Waals surface area contributed by atoms with Crippen molar-refractivity contribution in [1.29, 1.82) is 0 Å². The maximum Gasteiger partial charge on any atom is 0.162 e. The van der Waals surface area contributed by atoms with Gasteiger partial charge in [0, 0.05) is 13.0 Å². The second kappa shape index (κ2) is 6.11. The topological polar surface area (TPSA) is 26.3 Å². The summed E-state index contributed by atoms with van der Waals surface area (Å²) in [4.78, 5) is 12.6. The lowest BCUT2D eigenvalue weighted by molar-refractivity contribution is -0.138. The van der Waals surface area contributed by atoms with E-state index >= 15 is 0 Å². The molecule has 0 amide bonds. The van der Waals surface area contributed by atoms with Gasteiger partial charge >= 0.3 is 0 Å². The number of ether oxygens (including phenoxy) is 1. The van der Waals surface area contributed by atoms with Crippen LogP contribution >= 0.6 is 0 Å². The third-order valence-corrected chi connectivity index (χ3v) is 9.26. The molecule has 0 aliphatic heterocycles. The van der Waals surface area contributed by atoms with E-state index in [2.05, 4.69) is 13.8 Å². The molecule has 0 N–H and O–H groups in total. The predicted octanol–water partition coefficient (Wildman–Crippen LogP) is 5.25. The van der Waals surface area contributed by atoms with E-state index in [1.54, 1.807) is 7.11 Å². The summed E-state index contributed by atoms with van der Waals surface area (Å²) in [6, 6.07) is 0. The number of methoxy groups -OCH3 is 1. The van der Waals surface area contributed by atoms with E-state index in [9.17, 15) is 4.79 Å². The predicted molar refractivity (Wildman–Crippen MR) is 96.7 cm³/mol. The zero-order chi connectivity index (χ0) is 16.9. The molecule has 2 heteroatoms. The van der Waals surface area contributed by atoms with E-state index in [0.717, 1.165) is 30.1 Å².